The number of rotatable bonds is 6. The van der Waals surface area contributed by atoms with Crippen molar-refractivity contribution in [2.24, 2.45) is 0 Å². The van der Waals surface area contributed by atoms with Crippen LogP contribution in [-0.4, -0.2) is 39.2 Å². The van der Waals surface area contributed by atoms with E-state index in [1.165, 1.54) is 29.2 Å². The third kappa shape index (κ3) is 4.12. The SMILES string of the molecule is C#CCN(CC(=O)O)Cc1nc(-c2ccc(F)cc2)no1. The van der Waals surface area contributed by atoms with E-state index in [1.54, 1.807) is 0 Å². The molecule has 0 radical (unpaired) electrons. The fourth-order valence-electron chi connectivity index (χ4n) is 1.71. The van der Waals surface area contributed by atoms with E-state index in [0.717, 1.165) is 0 Å². The van der Waals surface area contributed by atoms with Gasteiger partial charge in [0.05, 0.1) is 19.6 Å². The lowest BCUT2D eigenvalue weighted by Gasteiger charge is -2.13. The quantitative estimate of drug-likeness (QED) is 0.810. The maximum absolute atomic E-state index is 12.8. The molecule has 0 saturated carbocycles. The summed E-state index contributed by atoms with van der Waals surface area (Å²) in [6.07, 6.45) is 5.18. The van der Waals surface area contributed by atoms with Crippen molar-refractivity contribution in [3.05, 3.63) is 36.0 Å². The van der Waals surface area contributed by atoms with Crippen molar-refractivity contribution in [1.29, 1.82) is 0 Å². The molecule has 2 rings (SSSR count). The van der Waals surface area contributed by atoms with Gasteiger partial charge < -0.3 is 9.63 Å². The Labute approximate surface area is 120 Å². The summed E-state index contributed by atoms with van der Waals surface area (Å²) >= 11 is 0. The molecule has 0 fully saturated rings. The summed E-state index contributed by atoms with van der Waals surface area (Å²) in [6, 6.07) is 5.64. The normalized spacial score (nSPS) is 10.5. The van der Waals surface area contributed by atoms with Crippen LogP contribution in [0, 0.1) is 18.2 Å². The molecule has 0 aliphatic carbocycles. The van der Waals surface area contributed by atoms with Gasteiger partial charge in [0.25, 0.3) is 0 Å². The maximum Gasteiger partial charge on any atom is 0.317 e. The first-order valence-electron chi connectivity index (χ1n) is 6.04. The van der Waals surface area contributed by atoms with E-state index in [1.807, 2.05) is 0 Å². The number of halogens is 1. The Hall–Kier alpha value is -2.72. The van der Waals surface area contributed by atoms with Gasteiger partial charge in [-0.25, -0.2) is 4.39 Å². The zero-order valence-electron chi connectivity index (χ0n) is 11.0. The van der Waals surface area contributed by atoms with Gasteiger partial charge in [-0.15, -0.1) is 6.42 Å². The van der Waals surface area contributed by atoms with Gasteiger partial charge in [-0.2, -0.15) is 4.98 Å². The van der Waals surface area contributed by atoms with Crippen molar-refractivity contribution < 1.29 is 18.8 Å². The van der Waals surface area contributed by atoms with E-state index >= 15 is 0 Å². The van der Waals surface area contributed by atoms with Crippen molar-refractivity contribution >= 4 is 5.97 Å². The minimum atomic E-state index is -0.997. The third-order valence-corrected chi connectivity index (χ3v) is 2.60. The van der Waals surface area contributed by atoms with E-state index in [4.69, 9.17) is 16.1 Å². The van der Waals surface area contributed by atoms with E-state index in [9.17, 15) is 9.18 Å². The van der Waals surface area contributed by atoms with Crippen LogP contribution >= 0.6 is 0 Å². The van der Waals surface area contributed by atoms with Gasteiger partial charge in [0.2, 0.25) is 11.7 Å². The summed E-state index contributed by atoms with van der Waals surface area (Å²) in [6.45, 7) is 0.0592. The molecule has 1 N–H and O–H groups in total. The Kier molecular flexibility index (Phi) is 4.64. The highest BCUT2D eigenvalue weighted by Crippen LogP contribution is 2.16. The first kappa shape index (κ1) is 14.7. The lowest BCUT2D eigenvalue weighted by Crippen LogP contribution is -2.29. The van der Waals surface area contributed by atoms with Crippen molar-refractivity contribution in [3.8, 4) is 23.7 Å². The summed E-state index contributed by atoms with van der Waals surface area (Å²) in [5, 5.41) is 12.6. The smallest absolute Gasteiger partial charge is 0.317 e. The molecule has 1 aromatic heterocycles. The molecule has 108 valence electrons. The average molecular weight is 289 g/mol. The van der Waals surface area contributed by atoms with Gasteiger partial charge >= 0.3 is 5.97 Å². The molecule has 6 nitrogen and oxygen atoms in total. The number of carboxylic acids is 1. The van der Waals surface area contributed by atoms with Crippen LogP contribution in [-0.2, 0) is 11.3 Å². The van der Waals surface area contributed by atoms with Gasteiger partial charge in [0.1, 0.15) is 5.82 Å². The number of carboxylic acid groups (broad SMARTS) is 1. The molecule has 2 aromatic rings. The van der Waals surface area contributed by atoms with Crippen molar-refractivity contribution in [3.63, 3.8) is 0 Å². The molecule has 0 aliphatic heterocycles. The van der Waals surface area contributed by atoms with Gasteiger partial charge in [-0.3, -0.25) is 9.69 Å². The van der Waals surface area contributed by atoms with Crippen LogP contribution < -0.4 is 0 Å². The highest BCUT2D eigenvalue weighted by Gasteiger charge is 2.14. The number of terminal acetylenes is 1. The van der Waals surface area contributed by atoms with E-state index in [0.29, 0.717) is 11.4 Å². The Morgan fingerprint density at radius 1 is 1.43 bits per heavy atom. The second-order valence-electron chi connectivity index (χ2n) is 4.26. The topological polar surface area (TPSA) is 79.5 Å². The van der Waals surface area contributed by atoms with Crippen LogP contribution in [0.5, 0.6) is 0 Å². The molecule has 0 amide bonds. The minimum absolute atomic E-state index is 0.130. The predicted molar refractivity (Wildman–Crippen MR) is 71.4 cm³/mol. The molecular formula is C14H12FN3O3. The molecule has 1 heterocycles. The van der Waals surface area contributed by atoms with Crippen LogP contribution in [0.25, 0.3) is 11.4 Å². The number of aromatic nitrogens is 2. The molecule has 0 saturated heterocycles. The minimum Gasteiger partial charge on any atom is -0.480 e. The highest BCUT2D eigenvalue weighted by molar-refractivity contribution is 5.69. The van der Waals surface area contributed by atoms with Crippen LogP contribution in [0.1, 0.15) is 5.89 Å². The number of aliphatic carboxylic acids is 1. The van der Waals surface area contributed by atoms with Gasteiger partial charge in [0, 0.05) is 5.56 Å². The molecule has 7 heteroatoms. The lowest BCUT2D eigenvalue weighted by molar-refractivity contribution is -0.138. The number of carbonyl (C=O) groups is 1. The summed E-state index contributed by atoms with van der Waals surface area (Å²) in [5.74, 6) is 1.56. The Morgan fingerprint density at radius 2 is 2.14 bits per heavy atom. The summed E-state index contributed by atoms with van der Waals surface area (Å²) in [4.78, 5) is 16.3. The summed E-state index contributed by atoms with van der Waals surface area (Å²) < 4.78 is 17.9. The van der Waals surface area contributed by atoms with Gasteiger partial charge in [-0.1, -0.05) is 11.1 Å². The van der Waals surface area contributed by atoms with Crippen LogP contribution in [0.2, 0.25) is 0 Å². The monoisotopic (exact) mass is 289 g/mol. The fourth-order valence-corrected chi connectivity index (χ4v) is 1.71. The third-order valence-electron chi connectivity index (χ3n) is 2.60. The van der Waals surface area contributed by atoms with Crippen LogP contribution in [0.4, 0.5) is 4.39 Å². The first-order valence-corrected chi connectivity index (χ1v) is 6.04. The average Bonchev–Trinajstić information content (AvgIpc) is 2.87. The maximum atomic E-state index is 12.8. The van der Waals surface area contributed by atoms with Crippen molar-refractivity contribution in [1.82, 2.24) is 15.0 Å². The molecule has 0 bridgehead atoms. The second-order valence-corrected chi connectivity index (χ2v) is 4.26. The number of benzene rings is 1. The van der Waals surface area contributed by atoms with E-state index in [2.05, 4.69) is 16.1 Å². The standard InChI is InChI=1S/C14H12FN3O3/c1-2-7-18(9-13(19)20)8-12-16-14(17-21-12)10-3-5-11(15)6-4-10/h1,3-6H,7-9H2,(H,19,20). The fraction of sp³-hybridized carbons (Fsp3) is 0.214. The van der Waals surface area contributed by atoms with Crippen molar-refractivity contribution in [2.75, 3.05) is 13.1 Å². The van der Waals surface area contributed by atoms with E-state index < -0.39 is 5.97 Å². The van der Waals surface area contributed by atoms with E-state index in [-0.39, 0.29) is 31.3 Å². The molecule has 21 heavy (non-hydrogen) atoms. The molecule has 1 aromatic carbocycles. The first-order chi connectivity index (χ1) is 10.1. The number of hydrogen-bond acceptors (Lipinski definition) is 5. The molecule has 0 atom stereocenters. The van der Waals surface area contributed by atoms with Crippen LogP contribution in [0.3, 0.4) is 0 Å². The Bertz CT molecular complexity index is 661. The molecule has 0 spiro atoms. The molecular weight excluding hydrogens is 277 g/mol. The van der Waals surface area contributed by atoms with Crippen LogP contribution in [0.15, 0.2) is 28.8 Å². The largest absolute Gasteiger partial charge is 0.480 e. The zero-order chi connectivity index (χ0) is 15.2. The number of nitrogens with zero attached hydrogens (tertiary/aromatic N) is 3. The van der Waals surface area contributed by atoms with Gasteiger partial charge in [0.15, 0.2) is 0 Å². The highest BCUT2D eigenvalue weighted by atomic mass is 19.1. The second kappa shape index (κ2) is 6.63. The lowest BCUT2D eigenvalue weighted by atomic mass is 10.2. The zero-order valence-corrected chi connectivity index (χ0v) is 11.0. The summed E-state index contributed by atoms with van der Waals surface area (Å²) in [5.41, 5.74) is 0.605. The number of hydrogen-bond donors (Lipinski definition) is 1. The Balaban J connectivity index is 2.10. The van der Waals surface area contributed by atoms with Gasteiger partial charge in [-0.05, 0) is 24.3 Å². The molecule has 0 aliphatic rings. The summed E-state index contributed by atoms with van der Waals surface area (Å²) in [7, 11) is 0. The van der Waals surface area contributed by atoms with Crippen molar-refractivity contribution in [2.45, 2.75) is 6.54 Å². The molecule has 0 unspecified atom stereocenters. The Morgan fingerprint density at radius 3 is 2.76 bits per heavy atom. The predicted octanol–water partition coefficient (Wildman–Crippen LogP) is 1.40.